The number of hydrogen-bond donors (Lipinski definition) is 3. The third-order valence-electron chi connectivity index (χ3n) is 2.85. The number of nitrogens with one attached hydrogen (secondary N) is 2. The summed E-state index contributed by atoms with van der Waals surface area (Å²) in [6, 6.07) is 7.90. The fraction of sp³-hybridized carbons (Fsp3) is 0.125. The third-order valence-corrected chi connectivity index (χ3v) is 3.29. The fourth-order valence-electron chi connectivity index (χ4n) is 1.91. The Morgan fingerprint density at radius 2 is 2.09 bits per heavy atom. The Morgan fingerprint density at radius 1 is 1.32 bits per heavy atom. The Bertz CT molecular complexity index is 792. The first-order valence-corrected chi connectivity index (χ1v) is 7.42. The minimum Gasteiger partial charge on any atom is -0.387 e. The molecule has 0 fully saturated rings. The Kier molecular flexibility index (Phi) is 5.16. The highest BCUT2D eigenvalue weighted by Crippen LogP contribution is 2.18. The van der Waals surface area contributed by atoms with Crippen molar-refractivity contribution in [3.05, 3.63) is 52.7 Å². The zero-order valence-electron chi connectivity index (χ0n) is 12.1. The number of halogens is 1. The summed E-state index contributed by atoms with van der Waals surface area (Å²) in [5.74, 6) is 0.397. The van der Waals surface area contributed by atoms with Crippen LogP contribution in [0.2, 0.25) is 0 Å². The Morgan fingerprint density at radius 3 is 2.82 bits per heavy atom. The first kappa shape index (κ1) is 16.0. The van der Waals surface area contributed by atoms with Crippen LogP contribution >= 0.6 is 15.9 Å². The van der Waals surface area contributed by atoms with E-state index >= 15 is 0 Å². The predicted molar refractivity (Wildman–Crippen MR) is 95.0 cm³/mol. The van der Waals surface area contributed by atoms with Crippen molar-refractivity contribution >= 4 is 44.2 Å². The maximum atomic E-state index is 7.67. The molecule has 0 saturated heterocycles. The average molecular weight is 358 g/mol. The van der Waals surface area contributed by atoms with Crippen molar-refractivity contribution in [2.75, 3.05) is 0 Å². The summed E-state index contributed by atoms with van der Waals surface area (Å²) < 4.78 is 0.924. The molecule has 2 aromatic rings. The molecule has 0 aliphatic rings. The number of nitrogens with two attached hydrogens (primary N) is 1. The molecule has 0 aliphatic heterocycles. The van der Waals surface area contributed by atoms with Gasteiger partial charge in [0.25, 0.3) is 0 Å². The fourth-order valence-corrected chi connectivity index (χ4v) is 2.26. The second-order valence-corrected chi connectivity index (χ2v) is 5.78. The molecule has 0 radical (unpaired) electrons. The summed E-state index contributed by atoms with van der Waals surface area (Å²) >= 11 is 3.41. The number of rotatable bonds is 4. The number of benzene rings is 1. The van der Waals surface area contributed by atoms with Crippen LogP contribution in [0.15, 0.2) is 52.1 Å². The lowest BCUT2D eigenvalue weighted by molar-refractivity contribution is 1.28. The Balaban J connectivity index is 2.15. The average Bonchev–Trinajstić information content (AvgIpc) is 2.44. The van der Waals surface area contributed by atoms with Gasteiger partial charge < -0.3 is 11.1 Å². The molecule has 1 aromatic heterocycles. The monoisotopic (exact) mass is 357 g/mol. The summed E-state index contributed by atoms with van der Waals surface area (Å²) in [5.41, 5.74) is 8.17. The number of hydrogen-bond acceptors (Lipinski definition) is 3. The summed E-state index contributed by atoms with van der Waals surface area (Å²) in [6.45, 7) is 1.64. The highest BCUT2D eigenvalue weighted by molar-refractivity contribution is 9.10. The minimum absolute atomic E-state index is 0.0364. The van der Waals surface area contributed by atoms with Gasteiger partial charge in [0.2, 0.25) is 0 Å². The lowest BCUT2D eigenvalue weighted by atomic mass is 10.1. The highest BCUT2D eigenvalue weighted by atomic mass is 79.9. The van der Waals surface area contributed by atoms with Crippen LogP contribution in [0.5, 0.6) is 0 Å². The number of aromatic nitrogens is 1. The van der Waals surface area contributed by atoms with E-state index in [0.717, 1.165) is 20.9 Å². The number of amidine groups is 2. The van der Waals surface area contributed by atoms with Crippen LogP contribution in [0, 0.1) is 10.8 Å². The Hall–Kier alpha value is -2.34. The van der Waals surface area contributed by atoms with Crippen LogP contribution in [0.1, 0.15) is 12.5 Å². The topological polar surface area (TPSA) is 99.0 Å². The largest absolute Gasteiger partial charge is 0.387 e. The van der Waals surface area contributed by atoms with E-state index in [1.54, 1.807) is 13.1 Å². The minimum atomic E-state index is 0.0364. The van der Waals surface area contributed by atoms with Crippen molar-refractivity contribution in [3.63, 3.8) is 0 Å². The zero-order valence-corrected chi connectivity index (χ0v) is 13.7. The van der Waals surface area contributed by atoms with Gasteiger partial charge in [0, 0.05) is 28.2 Å². The molecule has 1 heterocycles. The molecular formula is C16H16BrN5. The SMILES string of the molecule is CC(=N)/C=C\C(=N)N=C(N)Cc1ccc2ncc(Br)cc2c1. The van der Waals surface area contributed by atoms with Crippen molar-refractivity contribution < 1.29 is 0 Å². The van der Waals surface area contributed by atoms with Gasteiger partial charge >= 0.3 is 0 Å². The van der Waals surface area contributed by atoms with Gasteiger partial charge in [0.1, 0.15) is 11.7 Å². The smallest absolute Gasteiger partial charge is 0.146 e. The summed E-state index contributed by atoms with van der Waals surface area (Å²) in [5, 5.41) is 16.0. The molecule has 2 rings (SSSR count). The normalized spacial score (nSPS) is 12.0. The first-order chi connectivity index (χ1) is 10.4. The number of allylic oxidation sites excluding steroid dienone is 1. The number of nitrogens with zero attached hydrogens (tertiary/aromatic N) is 2. The molecule has 1 aromatic carbocycles. The quantitative estimate of drug-likeness (QED) is 0.576. The Labute approximate surface area is 137 Å². The first-order valence-electron chi connectivity index (χ1n) is 6.63. The van der Waals surface area contributed by atoms with Crippen LogP contribution < -0.4 is 5.73 Å². The van der Waals surface area contributed by atoms with Crippen LogP contribution in [0.4, 0.5) is 0 Å². The second kappa shape index (κ2) is 7.09. The van der Waals surface area contributed by atoms with Crippen LogP contribution in [-0.4, -0.2) is 22.4 Å². The van der Waals surface area contributed by atoms with Crippen molar-refractivity contribution in [1.82, 2.24) is 4.98 Å². The van der Waals surface area contributed by atoms with Gasteiger partial charge in [-0.05, 0) is 58.8 Å². The van der Waals surface area contributed by atoms with Gasteiger partial charge in [-0.3, -0.25) is 10.4 Å². The summed E-state index contributed by atoms with van der Waals surface area (Å²) in [7, 11) is 0. The predicted octanol–water partition coefficient (Wildman–Crippen LogP) is 3.47. The molecule has 0 unspecified atom stereocenters. The molecule has 0 saturated carbocycles. The van der Waals surface area contributed by atoms with Crippen molar-refractivity contribution in [3.8, 4) is 0 Å². The maximum Gasteiger partial charge on any atom is 0.146 e. The second-order valence-electron chi connectivity index (χ2n) is 4.86. The molecule has 22 heavy (non-hydrogen) atoms. The molecule has 0 atom stereocenters. The molecule has 0 aliphatic carbocycles. The van der Waals surface area contributed by atoms with Crippen LogP contribution in [0.3, 0.4) is 0 Å². The van der Waals surface area contributed by atoms with Gasteiger partial charge in [0.15, 0.2) is 0 Å². The number of aliphatic imine (C=N–C) groups is 1. The van der Waals surface area contributed by atoms with Gasteiger partial charge in [0.05, 0.1) is 5.52 Å². The standard InChI is InChI=1S/C16H16BrN5/c1-10(18)2-5-15(19)22-16(20)7-11-3-4-14-12(6-11)8-13(17)9-21-14/h2-6,8-9,18H,7H2,1H3,(H3,19,20,22)/b5-2-,18-10?. The molecule has 112 valence electrons. The highest BCUT2D eigenvalue weighted by Gasteiger charge is 2.02. The van der Waals surface area contributed by atoms with Gasteiger partial charge in [-0.2, -0.15) is 0 Å². The van der Waals surface area contributed by atoms with Gasteiger partial charge in [-0.25, -0.2) is 4.99 Å². The molecular weight excluding hydrogens is 342 g/mol. The van der Waals surface area contributed by atoms with E-state index < -0.39 is 0 Å². The summed E-state index contributed by atoms with van der Waals surface area (Å²) in [4.78, 5) is 8.33. The van der Waals surface area contributed by atoms with Crippen molar-refractivity contribution in [2.24, 2.45) is 10.7 Å². The molecule has 0 spiro atoms. The molecule has 0 bridgehead atoms. The number of pyridine rings is 1. The van der Waals surface area contributed by atoms with Crippen LogP contribution in [0.25, 0.3) is 10.9 Å². The third kappa shape index (κ3) is 4.60. The van der Waals surface area contributed by atoms with Crippen LogP contribution in [-0.2, 0) is 6.42 Å². The van der Waals surface area contributed by atoms with E-state index in [0.29, 0.717) is 18.0 Å². The lowest BCUT2D eigenvalue weighted by Crippen LogP contribution is -2.16. The van der Waals surface area contributed by atoms with E-state index in [1.165, 1.54) is 12.2 Å². The lowest BCUT2D eigenvalue weighted by Gasteiger charge is -2.04. The van der Waals surface area contributed by atoms with E-state index in [-0.39, 0.29) is 5.84 Å². The summed E-state index contributed by atoms with van der Waals surface area (Å²) in [6.07, 6.45) is 5.19. The van der Waals surface area contributed by atoms with E-state index in [1.807, 2.05) is 24.3 Å². The molecule has 0 amide bonds. The van der Waals surface area contributed by atoms with E-state index in [2.05, 4.69) is 25.9 Å². The van der Waals surface area contributed by atoms with Gasteiger partial charge in [-0.1, -0.05) is 6.07 Å². The van der Waals surface area contributed by atoms with E-state index in [4.69, 9.17) is 16.6 Å². The van der Waals surface area contributed by atoms with Crippen molar-refractivity contribution in [1.29, 1.82) is 10.8 Å². The van der Waals surface area contributed by atoms with E-state index in [9.17, 15) is 0 Å². The molecule has 4 N–H and O–H groups in total. The molecule has 6 heteroatoms. The maximum absolute atomic E-state index is 7.67. The number of fused-ring (bicyclic) bond motifs is 1. The molecule has 5 nitrogen and oxygen atoms in total. The van der Waals surface area contributed by atoms with Crippen molar-refractivity contribution in [2.45, 2.75) is 13.3 Å². The zero-order chi connectivity index (χ0) is 16.1. The van der Waals surface area contributed by atoms with Gasteiger partial charge in [-0.15, -0.1) is 0 Å².